The van der Waals surface area contributed by atoms with Crippen molar-refractivity contribution in [3.05, 3.63) is 17.8 Å². The van der Waals surface area contributed by atoms with Crippen LogP contribution < -0.4 is 4.90 Å². The molecule has 1 aliphatic rings. The monoisotopic (exact) mass is 233 g/mol. The molecule has 1 fully saturated rings. The van der Waals surface area contributed by atoms with E-state index < -0.39 is 0 Å². The first kappa shape index (κ1) is 10.0. The average Bonchev–Trinajstić information content (AvgIpc) is 3.04. The predicted octanol–water partition coefficient (Wildman–Crippen LogP) is 2.93. The van der Waals surface area contributed by atoms with E-state index in [1.807, 2.05) is 0 Å². The molecule has 0 aromatic carbocycles. The van der Waals surface area contributed by atoms with Gasteiger partial charge in [0.2, 0.25) is 0 Å². The second-order valence-corrected chi connectivity index (χ2v) is 5.44. The first-order valence-corrected chi connectivity index (χ1v) is 6.56. The zero-order valence-electron chi connectivity index (χ0n) is 9.55. The maximum absolute atomic E-state index is 4.44. The average molecular weight is 233 g/mol. The molecule has 3 rings (SSSR count). The van der Waals surface area contributed by atoms with Gasteiger partial charge >= 0.3 is 0 Å². The number of thiophene rings is 1. The normalized spacial score (nSPS) is 17.6. The van der Waals surface area contributed by atoms with E-state index in [1.165, 1.54) is 17.5 Å². The summed E-state index contributed by atoms with van der Waals surface area (Å²) >= 11 is 1.73. The Morgan fingerprint density at radius 2 is 2.25 bits per heavy atom. The molecule has 84 valence electrons. The molecule has 1 aliphatic carbocycles. The fourth-order valence-electron chi connectivity index (χ4n) is 2.11. The third kappa shape index (κ3) is 1.57. The molecule has 0 N–H and O–H groups in total. The smallest absolute Gasteiger partial charge is 0.150 e. The van der Waals surface area contributed by atoms with E-state index in [-0.39, 0.29) is 0 Å². The SMILES string of the molecule is C[C@@H](C1CC1)N(C)c1ncnc2ccsc12. The molecule has 0 bridgehead atoms. The zero-order valence-corrected chi connectivity index (χ0v) is 10.4. The summed E-state index contributed by atoms with van der Waals surface area (Å²) in [7, 11) is 2.14. The lowest BCUT2D eigenvalue weighted by Crippen LogP contribution is -2.31. The summed E-state index contributed by atoms with van der Waals surface area (Å²) in [5.74, 6) is 1.94. The lowest BCUT2D eigenvalue weighted by atomic mass is 10.2. The second kappa shape index (κ2) is 3.70. The van der Waals surface area contributed by atoms with Crippen molar-refractivity contribution in [3.8, 4) is 0 Å². The van der Waals surface area contributed by atoms with Crippen LogP contribution in [-0.4, -0.2) is 23.1 Å². The highest BCUT2D eigenvalue weighted by molar-refractivity contribution is 7.17. The quantitative estimate of drug-likeness (QED) is 0.816. The van der Waals surface area contributed by atoms with Crippen molar-refractivity contribution < 1.29 is 0 Å². The molecule has 2 aromatic rings. The summed E-state index contributed by atoms with van der Waals surface area (Å²) in [6, 6.07) is 2.64. The van der Waals surface area contributed by atoms with Gasteiger partial charge < -0.3 is 4.90 Å². The summed E-state index contributed by atoms with van der Waals surface area (Å²) in [6.45, 7) is 2.29. The van der Waals surface area contributed by atoms with Crippen LogP contribution in [-0.2, 0) is 0 Å². The Kier molecular flexibility index (Phi) is 2.32. The number of anilines is 1. The van der Waals surface area contributed by atoms with Crippen molar-refractivity contribution in [2.45, 2.75) is 25.8 Å². The van der Waals surface area contributed by atoms with Crippen LogP contribution in [0.5, 0.6) is 0 Å². The highest BCUT2D eigenvalue weighted by atomic mass is 32.1. The van der Waals surface area contributed by atoms with Crippen LogP contribution in [0, 0.1) is 5.92 Å². The van der Waals surface area contributed by atoms with E-state index in [1.54, 1.807) is 17.7 Å². The molecule has 0 radical (unpaired) electrons. The van der Waals surface area contributed by atoms with E-state index in [0.29, 0.717) is 6.04 Å². The van der Waals surface area contributed by atoms with E-state index in [9.17, 15) is 0 Å². The number of fused-ring (bicyclic) bond motifs is 1. The van der Waals surface area contributed by atoms with Gasteiger partial charge in [-0.3, -0.25) is 0 Å². The molecule has 0 aliphatic heterocycles. The Balaban J connectivity index is 2.00. The molecule has 0 amide bonds. The van der Waals surface area contributed by atoms with Crippen LogP contribution in [0.4, 0.5) is 5.82 Å². The third-order valence-electron chi connectivity index (χ3n) is 3.47. The van der Waals surface area contributed by atoms with Gasteiger partial charge in [-0.2, -0.15) is 0 Å². The standard InChI is InChI=1S/C12H15N3S/c1-8(9-3-4-9)15(2)12-11-10(5-6-16-11)13-7-14-12/h5-9H,3-4H2,1-2H3/t8-/m0/s1. The summed E-state index contributed by atoms with van der Waals surface area (Å²) in [5.41, 5.74) is 1.06. The molecule has 3 nitrogen and oxygen atoms in total. The Labute approximate surface area is 99.1 Å². The Bertz CT molecular complexity index is 504. The van der Waals surface area contributed by atoms with Gasteiger partial charge in [0, 0.05) is 13.1 Å². The van der Waals surface area contributed by atoms with Crippen molar-refractivity contribution in [2.24, 2.45) is 5.92 Å². The minimum absolute atomic E-state index is 0.584. The van der Waals surface area contributed by atoms with Gasteiger partial charge in [-0.05, 0) is 37.1 Å². The van der Waals surface area contributed by atoms with Crippen molar-refractivity contribution in [2.75, 3.05) is 11.9 Å². The molecule has 16 heavy (non-hydrogen) atoms. The molecule has 0 saturated heterocycles. The topological polar surface area (TPSA) is 29.0 Å². The largest absolute Gasteiger partial charge is 0.355 e. The molecule has 2 aromatic heterocycles. The molecular formula is C12H15N3S. The van der Waals surface area contributed by atoms with Gasteiger partial charge in [-0.25, -0.2) is 9.97 Å². The number of rotatable bonds is 3. The second-order valence-electron chi connectivity index (χ2n) is 4.52. The van der Waals surface area contributed by atoms with Gasteiger partial charge in [0.1, 0.15) is 12.1 Å². The number of aromatic nitrogens is 2. The first-order valence-electron chi connectivity index (χ1n) is 5.68. The van der Waals surface area contributed by atoms with Crippen LogP contribution in [0.15, 0.2) is 17.8 Å². The molecular weight excluding hydrogens is 218 g/mol. The zero-order chi connectivity index (χ0) is 11.1. The van der Waals surface area contributed by atoms with E-state index in [4.69, 9.17) is 0 Å². The number of nitrogens with zero attached hydrogens (tertiary/aromatic N) is 3. The Hall–Kier alpha value is -1.16. The Morgan fingerprint density at radius 1 is 1.44 bits per heavy atom. The lowest BCUT2D eigenvalue weighted by Gasteiger charge is -2.26. The number of hydrogen-bond donors (Lipinski definition) is 0. The van der Waals surface area contributed by atoms with Crippen molar-refractivity contribution in [1.29, 1.82) is 0 Å². The van der Waals surface area contributed by atoms with E-state index >= 15 is 0 Å². The summed E-state index contributed by atoms with van der Waals surface area (Å²) < 4.78 is 1.21. The van der Waals surface area contributed by atoms with Crippen molar-refractivity contribution >= 4 is 27.4 Å². The van der Waals surface area contributed by atoms with Crippen LogP contribution >= 0.6 is 11.3 Å². The first-order chi connectivity index (χ1) is 7.77. The summed E-state index contributed by atoms with van der Waals surface area (Å²) in [6.07, 6.45) is 4.40. The van der Waals surface area contributed by atoms with E-state index in [2.05, 4.69) is 40.3 Å². The van der Waals surface area contributed by atoms with Crippen molar-refractivity contribution in [1.82, 2.24) is 9.97 Å². The van der Waals surface area contributed by atoms with Gasteiger partial charge in [0.05, 0.1) is 10.2 Å². The van der Waals surface area contributed by atoms with Crippen LogP contribution in [0.2, 0.25) is 0 Å². The Morgan fingerprint density at radius 3 is 3.00 bits per heavy atom. The lowest BCUT2D eigenvalue weighted by molar-refractivity contribution is 0.605. The fourth-order valence-corrected chi connectivity index (χ4v) is 2.99. The summed E-state index contributed by atoms with van der Waals surface area (Å²) in [5, 5.41) is 2.08. The van der Waals surface area contributed by atoms with Gasteiger partial charge in [-0.1, -0.05) is 0 Å². The highest BCUT2D eigenvalue weighted by Crippen LogP contribution is 2.37. The summed E-state index contributed by atoms with van der Waals surface area (Å²) in [4.78, 5) is 11.0. The highest BCUT2D eigenvalue weighted by Gasteiger charge is 2.31. The molecule has 4 heteroatoms. The van der Waals surface area contributed by atoms with Crippen LogP contribution in [0.3, 0.4) is 0 Å². The number of hydrogen-bond acceptors (Lipinski definition) is 4. The molecule has 0 spiro atoms. The van der Waals surface area contributed by atoms with Gasteiger partial charge in [0.15, 0.2) is 0 Å². The third-order valence-corrected chi connectivity index (χ3v) is 4.37. The minimum atomic E-state index is 0.584. The van der Waals surface area contributed by atoms with Crippen molar-refractivity contribution in [3.63, 3.8) is 0 Å². The maximum Gasteiger partial charge on any atom is 0.150 e. The minimum Gasteiger partial charge on any atom is -0.355 e. The molecule has 1 saturated carbocycles. The predicted molar refractivity (Wildman–Crippen MR) is 68.0 cm³/mol. The molecule has 0 unspecified atom stereocenters. The molecule has 1 atom stereocenters. The van der Waals surface area contributed by atoms with Crippen LogP contribution in [0.25, 0.3) is 10.2 Å². The fraction of sp³-hybridized carbons (Fsp3) is 0.500. The van der Waals surface area contributed by atoms with Crippen LogP contribution in [0.1, 0.15) is 19.8 Å². The van der Waals surface area contributed by atoms with Gasteiger partial charge in [0.25, 0.3) is 0 Å². The van der Waals surface area contributed by atoms with Gasteiger partial charge in [-0.15, -0.1) is 11.3 Å². The molecule has 2 heterocycles. The van der Waals surface area contributed by atoms with E-state index in [0.717, 1.165) is 17.3 Å². The maximum atomic E-state index is 4.44.